The average Bonchev–Trinajstić information content (AvgIpc) is 3.09. The lowest BCUT2D eigenvalue weighted by atomic mass is 10.0. The van der Waals surface area contributed by atoms with Crippen LogP contribution >= 0.6 is 0 Å². The second-order valence-corrected chi connectivity index (χ2v) is 7.65. The van der Waals surface area contributed by atoms with E-state index >= 15 is 0 Å². The van der Waals surface area contributed by atoms with Crippen LogP contribution in [0.15, 0.2) is 53.3 Å². The highest BCUT2D eigenvalue weighted by Gasteiger charge is 2.30. The van der Waals surface area contributed by atoms with Crippen LogP contribution in [0, 0.1) is 6.92 Å². The number of fused-ring (bicyclic) bond motifs is 1. The number of anilines is 2. The third-order valence-corrected chi connectivity index (χ3v) is 5.36. The van der Waals surface area contributed by atoms with Crippen molar-refractivity contribution in [2.75, 3.05) is 11.1 Å². The molecule has 1 amide bonds. The van der Waals surface area contributed by atoms with Gasteiger partial charge in [-0.3, -0.25) is 14.2 Å². The van der Waals surface area contributed by atoms with E-state index in [1.165, 1.54) is 16.7 Å². The maximum atomic E-state index is 13.3. The van der Waals surface area contributed by atoms with E-state index in [0.29, 0.717) is 34.8 Å². The Hall–Kier alpha value is -4.15. The third-order valence-electron chi connectivity index (χ3n) is 5.36. The van der Waals surface area contributed by atoms with Gasteiger partial charge in [0.2, 0.25) is 11.7 Å². The van der Waals surface area contributed by atoms with Crippen molar-refractivity contribution < 1.29 is 18.0 Å². The molecule has 0 saturated heterocycles. The zero-order valence-electron chi connectivity index (χ0n) is 18.3. The zero-order valence-corrected chi connectivity index (χ0v) is 18.3. The molecule has 0 spiro atoms. The lowest BCUT2D eigenvalue weighted by Crippen LogP contribution is -2.23. The molecule has 0 fully saturated rings. The minimum atomic E-state index is -4.46. The number of aromatic nitrogens is 4. The second kappa shape index (κ2) is 8.65. The summed E-state index contributed by atoms with van der Waals surface area (Å²) in [4.78, 5) is 30.5. The fourth-order valence-corrected chi connectivity index (χ4v) is 3.68. The van der Waals surface area contributed by atoms with Crippen LogP contribution in [-0.4, -0.2) is 25.1 Å². The Kier molecular flexibility index (Phi) is 5.86. The van der Waals surface area contributed by atoms with E-state index in [1.54, 1.807) is 31.2 Å². The second-order valence-electron chi connectivity index (χ2n) is 7.65. The number of hydrogen-bond donors (Lipinski definition) is 2. The first-order chi connectivity index (χ1) is 16.1. The Labute approximate surface area is 191 Å². The van der Waals surface area contributed by atoms with Gasteiger partial charge in [-0.05, 0) is 43.7 Å². The number of rotatable bonds is 5. The number of para-hydroxylation sites is 1. The minimum absolute atomic E-state index is 0.181. The summed E-state index contributed by atoms with van der Waals surface area (Å²) in [5.41, 5.74) is 6.90. The van der Waals surface area contributed by atoms with Gasteiger partial charge in [-0.2, -0.15) is 17.7 Å². The van der Waals surface area contributed by atoms with Gasteiger partial charge in [-0.15, -0.1) is 5.10 Å². The molecule has 8 nitrogen and oxygen atoms in total. The number of halogens is 3. The van der Waals surface area contributed by atoms with Crippen molar-refractivity contribution in [1.82, 2.24) is 19.2 Å². The Balaban J connectivity index is 1.68. The van der Waals surface area contributed by atoms with Crippen molar-refractivity contribution in [3.8, 4) is 11.1 Å². The molecule has 0 atom stereocenters. The summed E-state index contributed by atoms with van der Waals surface area (Å²) in [7, 11) is 0. The largest absolute Gasteiger partial charge is 0.416 e. The molecule has 2 aromatic heterocycles. The van der Waals surface area contributed by atoms with Gasteiger partial charge in [0, 0.05) is 16.9 Å². The summed E-state index contributed by atoms with van der Waals surface area (Å²) >= 11 is 0. The molecule has 34 heavy (non-hydrogen) atoms. The highest BCUT2D eigenvalue weighted by Crippen LogP contribution is 2.30. The Morgan fingerprint density at radius 3 is 2.41 bits per heavy atom. The fraction of sp³-hybridized carbons (Fsp3) is 0.217. The summed E-state index contributed by atoms with van der Waals surface area (Å²) in [6.07, 6.45) is -4.02. The van der Waals surface area contributed by atoms with Crippen LogP contribution in [0.2, 0.25) is 0 Å². The topological polar surface area (TPSA) is 107 Å². The number of carbonyl (C=O) groups excluding carboxylic acids is 1. The number of aryl methyl sites for hydroxylation is 2. The van der Waals surface area contributed by atoms with E-state index in [9.17, 15) is 22.8 Å². The van der Waals surface area contributed by atoms with Gasteiger partial charge in [0.15, 0.2) is 0 Å². The molecule has 4 aromatic rings. The van der Waals surface area contributed by atoms with Crippen molar-refractivity contribution in [2.45, 2.75) is 33.0 Å². The third kappa shape index (κ3) is 4.24. The lowest BCUT2D eigenvalue weighted by Gasteiger charge is -2.11. The molecule has 0 aliphatic rings. The van der Waals surface area contributed by atoms with E-state index in [0.717, 1.165) is 16.6 Å². The number of nitrogens with one attached hydrogen (secondary N) is 1. The van der Waals surface area contributed by atoms with Gasteiger partial charge in [-0.25, -0.2) is 4.98 Å². The number of hydrogen-bond acceptors (Lipinski definition) is 5. The minimum Gasteiger partial charge on any atom is -0.398 e. The molecule has 11 heteroatoms. The molecular weight excluding hydrogens is 449 g/mol. The monoisotopic (exact) mass is 470 g/mol. The number of benzene rings is 2. The summed E-state index contributed by atoms with van der Waals surface area (Å²) in [6.45, 7) is 3.24. The van der Waals surface area contributed by atoms with E-state index < -0.39 is 23.2 Å². The normalized spacial score (nSPS) is 11.7. The standard InChI is InChI=1S/C23H21F3N6O2/c1-3-18-20(16-6-4-5-7-17(16)27)21(34)32-22(29-18)31(13(2)30-32)12-19(33)28-15-10-8-14(9-11-15)23(24,25)26/h4-11H,3,12,27H2,1-2H3,(H,28,33). The molecular formula is C23H21F3N6O2. The van der Waals surface area contributed by atoms with Crippen LogP contribution in [0.3, 0.4) is 0 Å². The molecule has 2 aromatic carbocycles. The predicted molar refractivity (Wildman–Crippen MR) is 121 cm³/mol. The molecule has 3 N–H and O–H groups in total. The number of amides is 1. The molecule has 0 aliphatic heterocycles. The molecule has 176 valence electrons. The van der Waals surface area contributed by atoms with Crippen LogP contribution in [0.25, 0.3) is 16.9 Å². The number of nitrogens with zero attached hydrogens (tertiary/aromatic N) is 4. The summed E-state index contributed by atoms with van der Waals surface area (Å²) < 4.78 is 40.8. The zero-order chi connectivity index (χ0) is 24.6. The van der Waals surface area contributed by atoms with E-state index in [4.69, 9.17) is 5.73 Å². The number of nitrogens with two attached hydrogens (primary N) is 1. The van der Waals surface area contributed by atoms with E-state index in [2.05, 4.69) is 15.4 Å². The Morgan fingerprint density at radius 2 is 1.79 bits per heavy atom. The van der Waals surface area contributed by atoms with Gasteiger partial charge < -0.3 is 11.1 Å². The molecule has 0 aliphatic carbocycles. The summed E-state index contributed by atoms with van der Waals surface area (Å²) in [6, 6.07) is 11.1. The highest BCUT2D eigenvalue weighted by atomic mass is 19.4. The van der Waals surface area contributed by atoms with E-state index in [-0.39, 0.29) is 18.0 Å². The quantitative estimate of drug-likeness (QED) is 0.433. The van der Waals surface area contributed by atoms with Crippen LogP contribution < -0.4 is 16.6 Å². The average molecular weight is 470 g/mol. The number of carbonyl (C=O) groups is 1. The van der Waals surface area contributed by atoms with Gasteiger partial charge in [0.05, 0.1) is 16.8 Å². The lowest BCUT2D eigenvalue weighted by molar-refractivity contribution is -0.137. The van der Waals surface area contributed by atoms with Crippen LogP contribution in [0.1, 0.15) is 24.0 Å². The Morgan fingerprint density at radius 1 is 1.12 bits per heavy atom. The first-order valence-electron chi connectivity index (χ1n) is 10.4. The maximum absolute atomic E-state index is 13.3. The maximum Gasteiger partial charge on any atom is 0.416 e. The molecule has 2 heterocycles. The van der Waals surface area contributed by atoms with Crippen molar-refractivity contribution in [2.24, 2.45) is 0 Å². The highest BCUT2D eigenvalue weighted by molar-refractivity contribution is 5.90. The molecule has 4 rings (SSSR count). The van der Waals surface area contributed by atoms with E-state index in [1.807, 2.05) is 6.92 Å². The van der Waals surface area contributed by atoms with Gasteiger partial charge in [0.1, 0.15) is 12.4 Å². The van der Waals surface area contributed by atoms with Gasteiger partial charge >= 0.3 is 6.18 Å². The number of nitrogen functional groups attached to an aromatic ring is 1. The fourth-order valence-electron chi connectivity index (χ4n) is 3.68. The molecule has 0 unspecified atom stereocenters. The smallest absolute Gasteiger partial charge is 0.398 e. The predicted octanol–water partition coefficient (Wildman–Crippen LogP) is 3.67. The van der Waals surface area contributed by atoms with Crippen molar-refractivity contribution in [3.05, 3.63) is 76.0 Å². The van der Waals surface area contributed by atoms with Crippen molar-refractivity contribution >= 4 is 23.1 Å². The molecule has 0 saturated carbocycles. The van der Waals surface area contributed by atoms with Crippen LogP contribution in [0.5, 0.6) is 0 Å². The Bertz CT molecular complexity index is 1440. The number of alkyl halides is 3. The van der Waals surface area contributed by atoms with Crippen LogP contribution in [0.4, 0.5) is 24.5 Å². The van der Waals surface area contributed by atoms with Gasteiger partial charge in [0.25, 0.3) is 5.56 Å². The van der Waals surface area contributed by atoms with Crippen LogP contribution in [-0.2, 0) is 23.9 Å². The summed E-state index contributed by atoms with van der Waals surface area (Å²) in [5.74, 6) is 0.0408. The molecule has 0 radical (unpaired) electrons. The van der Waals surface area contributed by atoms with Crippen molar-refractivity contribution in [3.63, 3.8) is 0 Å². The molecule has 0 bridgehead atoms. The first kappa shape index (κ1) is 23.0. The first-order valence-corrected chi connectivity index (χ1v) is 10.4. The summed E-state index contributed by atoms with van der Waals surface area (Å²) in [5, 5.41) is 6.81. The SMILES string of the molecule is CCc1nc2n(CC(=O)Nc3ccc(C(F)(F)F)cc3)c(C)nn2c(=O)c1-c1ccccc1N. The van der Waals surface area contributed by atoms with Crippen molar-refractivity contribution in [1.29, 1.82) is 0 Å². The van der Waals surface area contributed by atoms with Gasteiger partial charge in [-0.1, -0.05) is 25.1 Å².